The highest BCUT2D eigenvalue weighted by Crippen LogP contribution is 2.44. The van der Waals surface area contributed by atoms with Crippen LogP contribution in [0.4, 0.5) is 22.0 Å². The molecule has 1 saturated heterocycles. The summed E-state index contributed by atoms with van der Waals surface area (Å²) < 4.78 is 64.7. The number of piperidine rings is 1. The van der Waals surface area contributed by atoms with Gasteiger partial charge in [-0.25, -0.2) is 0 Å². The smallest absolute Gasteiger partial charge is 0.310 e. The molecule has 1 aliphatic heterocycles. The Bertz CT molecular complexity index is 794. The molecule has 0 saturated carbocycles. The fourth-order valence-electron chi connectivity index (χ4n) is 3.69. The number of benzene rings is 2. The van der Waals surface area contributed by atoms with Gasteiger partial charge in [0.2, 0.25) is 0 Å². The Morgan fingerprint density at radius 3 is 2.14 bits per heavy atom. The van der Waals surface area contributed by atoms with Gasteiger partial charge in [-0.2, -0.15) is 22.0 Å². The van der Waals surface area contributed by atoms with Crippen LogP contribution in [0.5, 0.6) is 0 Å². The standard InChI is InChI=1S/C22H25F5N2/c1-2-29-13-11-19(12-14-29)28-15-17-5-3-4-6-20(17)16-7-9-18(10-8-16)21(23,24)22(25,26)27/h3-10,19,28H,2,11-15H2,1H3. The van der Waals surface area contributed by atoms with E-state index in [0.29, 0.717) is 18.2 Å². The number of rotatable bonds is 6. The molecule has 0 atom stereocenters. The van der Waals surface area contributed by atoms with Crippen LogP contribution in [0.3, 0.4) is 0 Å². The summed E-state index contributed by atoms with van der Waals surface area (Å²) in [6.07, 6.45) is -3.47. The molecule has 7 heteroatoms. The number of hydrogen-bond acceptors (Lipinski definition) is 2. The van der Waals surface area contributed by atoms with Crippen molar-refractivity contribution >= 4 is 0 Å². The number of halogens is 5. The monoisotopic (exact) mass is 412 g/mol. The molecule has 3 rings (SSSR count). The quantitative estimate of drug-likeness (QED) is 0.623. The average Bonchev–Trinajstić information content (AvgIpc) is 2.72. The van der Waals surface area contributed by atoms with Gasteiger partial charge in [-0.05, 0) is 49.2 Å². The SMILES string of the molecule is CCN1CCC(NCc2ccccc2-c2ccc(C(F)(F)C(F)(F)F)cc2)CC1. The van der Waals surface area contributed by atoms with Gasteiger partial charge in [-0.15, -0.1) is 0 Å². The van der Waals surface area contributed by atoms with Crippen LogP contribution >= 0.6 is 0 Å². The van der Waals surface area contributed by atoms with Crippen LogP contribution < -0.4 is 5.32 Å². The van der Waals surface area contributed by atoms with Crippen molar-refractivity contribution in [1.82, 2.24) is 10.2 Å². The largest absolute Gasteiger partial charge is 0.458 e. The first-order chi connectivity index (χ1) is 13.7. The Labute approximate surface area is 167 Å². The molecule has 0 aliphatic carbocycles. The Balaban J connectivity index is 1.72. The maximum absolute atomic E-state index is 13.5. The summed E-state index contributed by atoms with van der Waals surface area (Å²) in [7, 11) is 0. The molecule has 0 spiro atoms. The zero-order chi connectivity index (χ0) is 21.1. The van der Waals surface area contributed by atoms with Gasteiger partial charge in [0.1, 0.15) is 0 Å². The minimum absolute atomic E-state index is 0.415. The van der Waals surface area contributed by atoms with E-state index in [1.807, 2.05) is 24.3 Å². The predicted molar refractivity (Wildman–Crippen MR) is 104 cm³/mol. The summed E-state index contributed by atoms with van der Waals surface area (Å²) in [5.41, 5.74) is 1.38. The molecule has 0 aromatic heterocycles. The Hall–Kier alpha value is -1.99. The second kappa shape index (κ2) is 8.79. The number of likely N-dealkylation sites (tertiary alicyclic amines) is 1. The lowest BCUT2D eigenvalue weighted by molar-refractivity contribution is -0.289. The molecule has 1 N–H and O–H groups in total. The van der Waals surface area contributed by atoms with Crippen LogP contribution in [-0.4, -0.2) is 36.8 Å². The van der Waals surface area contributed by atoms with Crippen LogP contribution in [-0.2, 0) is 12.5 Å². The highest BCUT2D eigenvalue weighted by molar-refractivity contribution is 5.67. The van der Waals surface area contributed by atoms with E-state index >= 15 is 0 Å². The lowest BCUT2D eigenvalue weighted by atomic mass is 9.96. The van der Waals surface area contributed by atoms with Gasteiger partial charge >= 0.3 is 12.1 Å². The van der Waals surface area contributed by atoms with Crippen LogP contribution in [0, 0.1) is 0 Å². The van der Waals surface area contributed by atoms with Crippen LogP contribution in [0.1, 0.15) is 30.9 Å². The number of hydrogen-bond donors (Lipinski definition) is 1. The molecule has 0 amide bonds. The zero-order valence-electron chi connectivity index (χ0n) is 16.3. The summed E-state index contributed by atoms with van der Waals surface area (Å²) in [6, 6.07) is 12.3. The molecule has 29 heavy (non-hydrogen) atoms. The molecule has 0 unspecified atom stereocenters. The van der Waals surface area contributed by atoms with E-state index in [2.05, 4.69) is 17.1 Å². The van der Waals surface area contributed by atoms with E-state index in [-0.39, 0.29) is 0 Å². The fourth-order valence-corrected chi connectivity index (χ4v) is 3.69. The highest BCUT2D eigenvalue weighted by atomic mass is 19.4. The van der Waals surface area contributed by atoms with E-state index < -0.39 is 17.7 Å². The normalized spacial score (nSPS) is 16.9. The first-order valence-corrected chi connectivity index (χ1v) is 9.81. The van der Waals surface area contributed by atoms with E-state index in [1.165, 1.54) is 12.1 Å². The van der Waals surface area contributed by atoms with Gasteiger partial charge in [0.05, 0.1) is 0 Å². The second-order valence-electron chi connectivity index (χ2n) is 7.40. The van der Waals surface area contributed by atoms with Crippen LogP contribution in [0.15, 0.2) is 48.5 Å². The van der Waals surface area contributed by atoms with Crippen molar-refractivity contribution in [2.75, 3.05) is 19.6 Å². The Kier molecular flexibility index (Phi) is 6.58. The maximum Gasteiger partial charge on any atom is 0.458 e. The van der Waals surface area contributed by atoms with Gasteiger partial charge in [0, 0.05) is 18.2 Å². The van der Waals surface area contributed by atoms with E-state index in [9.17, 15) is 22.0 Å². The average molecular weight is 412 g/mol. The molecule has 1 fully saturated rings. The fraction of sp³-hybridized carbons (Fsp3) is 0.455. The maximum atomic E-state index is 13.5. The van der Waals surface area contributed by atoms with Gasteiger partial charge in [0.25, 0.3) is 0 Å². The highest BCUT2D eigenvalue weighted by Gasteiger charge is 2.58. The number of nitrogens with zero attached hydrogens (tertiary/aromatic N) is 1. The molecule has 1 aliphatic rings. The minimum atomic E-state index is -5.61. The lowest BCUT2D eigenvalue weighted by Gasteiger charge is -2.31. The van der Waals surface area contributed by atoms with E-state index in [1.54, 1.807) is 0 Å². The van der Waals surface area contributed by atoms with Crippen molar-refractivity contribution < 1.29 is 22.0 Å². The summed E-state index contributed by atoms with van der Waals surface area (Å²) in [5, 5.41) is 3.55. The van der Waals surface area contributed by atoms with Crippen molar-refractivity contribution in [3.8, 4) is 11.1 Å². The Morgan fingerprint density at radius 2 is 1.55 bits per heavy atom. The summed E-state index contributed by atoms with van der Waals surface area (Å²) >= 11 is 0. The van der Waals surface area contributed by atoms with Crippen molar-refractivity contribution in [3.63, 3.8) is 0 Å². The lowest BCUT2D eigenvalue weighted by Crippen LogP contribution is -2.42. The van der Waals surface area contributed by atoms with E-state index in [0.717, 1.165) is 55.7 Å². The first-order valence-electron chi connectivity index (χ1n) is 9.81. The van der Waals surface area contributed by atoms with Crippen molar-refractivity contribution in [1.29, 1.82) is 0 Å². The van der Waals surface area contributed by atoms with Gasteiger partial charge in [0.15, 0.2) is 0 Å². The molecule has 2 aromatic carbocycles. The van der Waals surface area contributed by atoms with Gasteiger partial charge in [-0.1, -0.05) is 55.5 Å². The molecule has 158 valence electrons. The molecule has 2 nitrogen and oxygen atoms in total. The first kappa shape index (κ1) is 21.7. The topological polar surface area (TPSA) is 15.3 Å². The molecular weight excluding hydrogens is 387 g/mol. The number of nitrogens with one attached hydrogen (secondary N) is 1. The number of alkyl halides is 5. The predicted octanol–water partition coefficient (Wildman–Crippen LogP) is 5.58. The summed E-state index contributed by atoms with van der Waals surface area (Å²) in [4.78, 5) is 2.41. The molecule has 0 radical (unpaired) electrons. The van der Waals surface area contributed by atoms with Gasteiger partial charge in [-0.3, -0.25) is 0 Å². The van der Waals surface area contributed by atoms with Crippen molar-refractivity contribution in [3.05, 3.63) is 59.7 Å². The summed E-state index contributed by atoms with van der Waals surface area (Å²) in [6.45, 7) is 5.95. The van der Waals surface area contributed by atoms with Crippen molar-refractivity contribution in [2.45, 2.75) is 44.5 Å². The third kappa shape index (κ3) is 4.95. The molecule has 0 bridgehead atoms. The Morgan fingerprint density at radius 1 is 0.931 bits per heavy atom. The van der Waals surface area contributed by atoms with Gasteiger partial charge < -0.3 is 10.2 Å². The van der Waals surface area contributed by atoms with E-state index in [4.69, 9.17) is 0 Å². The minimum Gasteiger partial charge on any atom is -0.310 e. The second-order valence-corrected chi connectivity index (χ2v) is 7.40. The van der Waals surface area contributed by atoms with Crippen LogP contribution in [0.25, 0.3) is 11.1 Å². The molecule has 2 aromatic rings. The summed E-state index contributed by atoms with van der Waals surface area (Å²) in [5.74, 6) is -4.86. The van der Waals surface area contributed by atoms with Crippen LogP contribution in [0.2, 0.25) is 0 Å². The van der Waals surface area contributed by atoms with Crippen molar-refractivity contribution in [2.24, 2.45) is 0 Å². The third-order valence-electron chi connectivity index (χ3n) is 5.55. The third-order valence-corrected chi connectivity index (χ3v) is 5.55. The molecular formula is C22H25F5N2. The zero-order valence-corrected chi connectivity index (χ0v) is 16.3. The molecule has 1 heterocycles.